The number of aryl methyl sites for hydroxylation is 1. The van der Waals surface area contributed by atoms with E-state index >= 15 is 0 Å². The van der Waals surface area contributed by atoms with Crippen molar-refractivity contribution in [1.29, 1.82) is 0 Å². The summed E-state index contributed by atoms with van der Waals surface area (Å²) in [6, 6.07) is 5.36. The largest absolute Gasteiger partial charge is 0.496 e. The Labute approximate surface area is 109 Å². The Kier molecular flexibility index (Phi) is 4.12. The first-order valence-electron chi connectivity index (χ1n) is 6.61. The van der Waals surface area contributed by atoms with Gasteiger partial charge in [-0.2, -0.15) is 0 Å². The lowest BCUT2D eigenvalue weighted by Gasteiger charge is -2.17. The minimum absolute atomic E-state index is 0.471. The van der Waals surface area contributed by atoms with Crippen LogP contribution in [0.3, 0.4) is 0 Å². The molecule has 0 bridgehead atoms. The Morgan fingerprint density at radius 3 is 2.44 bits per heavy atom. The molecular formula is C15H23NO2. The highest BCUT2D eigenvalue weighted by Gasteiger charge is 2.23. The summed E-state index contributed by atoms with van der Waals surface area (Å²) in [5, 5.41) is 3.61. The van der Waals surface area contributed by atoms with Crippen LogP contribution in [0.1, 0.15) is 30.9 Å². The van der Waals surface area contributed by atoms with Gasteiger partial charge in [0.05, 0.1) is 14.2 Å². The van der Waals surface area contributed by atoms with Crippen molar-refractivity contribution in [1.82, 2.24) is 5.32 Å². The Balaban J connectivity index is 2.13. The van der Waals surface area contributed by atoms with E-state index in [9.17, 15) is 0 Å². The van der Waals surface area contributed by atoms with E-state index in [-0.39, 0.29) is 0 Å². The molecule has 3 heteroatoms. The fourth-order valence-corrected chi connectivity index (χ4v) is 2.31. The summed E-state index contributed by atoms with van der Waals surface area (Å²) in [6.45, 7) is 4.26. The van der Waals surface area contributed by atoms with Crippen LogP contribution in [0.4, 0.5) is 0 Å². The highest BCUT2D eigenvalue weighted by Crippen LogP contribution is 2.29. The number of ether oxygens (including phenoxy) is 2. The SMILES string of the molecule is COc1cc(CC(C)NC2CC2)c(OC)cc1C. The zero-order chi connectivity index (χ0) is 13.1. The summed E-state index contributed by atoms with van der Waals surface area (Å²) in [5.74, 6) is 1.89. The Hall–Kier alpha value is -1.22. The van der Waals surface area contributed by atoms with Crippen LogP contribution in [0.25, 0.3) is 0 Å². The molecule has 1 aromatic rings. The molecule has 3 nitrogen and oxygen atoms in total. The van der Waals surface area contributed by atoms with E-state index in [2.05, 4.69) is 24.4 Å². The summed E-state index contributed by atoms with van der Waals surface area (Å²) >= 11 is 0. The molecule has 2 rings (SSSR count). The molecule has 1 aromatic carbocycles. The fourth-order valence-electron chi connectivity index (χ4n) is 2.31. The van der Waals surface area contributed by atoms with Crippen molar-refractivity contribution < 1.29 is 9.47 Å². The number of benzene rings is 1. The summed E-state index contributed by atoms with van der Waals surface area (Å²) < 4.78 is 10.8. The van der Waals surface area contributed by atoms with Crippen LogP contribution in [-0.2, 0) is 6.42 Å². The Morgan fingerprint density at radius 2 is 1.89 bits per heavy atom. The average Bonchev–Trinajstić information content (AvgIpc) is 3.14. The highest BCUT2D eigenvalue weighted by molar-refractivity contribution is 5.46. The lowest BCUT2D eigenvalue weighted by atomic mass is 10.0. The van der Waals surface area contributed by atoms with Crippen LogP contribution in [0.5, 0.6) is 11.5 Å². The molecule has 1 saturated carbocycles. The van der Waals surface area contributed by atoms with Crippen molar-refractivity contribution in [3.63, 3.8) is 0 Å². The zero-order valence-corrected chi connectivity index (χ0v) is 11.7. The van der Waals surface area contributed by atoms with Gasteiger partial charge < -0.3 is 14.8 Å². The molecule has 1 aliphatic carbocycles. The molecule has 0 spiro atoms. The third-order valence-corrected chi connectivity index (χ3v) is 3.42. The number of hydrogen-bond donors (Lipinski definition) is 1. The predicted molar refractivity (Wildman–Crippen MR) is 73.6 cm³/mol. The van der Waals surface area contributed by atoms with Gasteiger partial charge in [-0.1, -0.05) is 0 Å². The van der Waals surface area contributed by atoms with Gasteiger partial charge >= 0.3 is 0 Å². The molecule has 0 saturated heterocycles. The molecule has 1 fully saturated rings. The maximum absolute atomic E-state index is 5.46. The van der Waals surface area contributed by atoms with Crippen LogP contribution >= 0.6 is 0 Å². The molecule has 0 aromatic heterocycles. The minimum atomic E-state index is 0.471. The maximum Gasteiger partial charge on any atom is 0.122 e. The van der Waals surface area contributed by atoms with Gasteiger partial charge in [0.1, 0.15) is 11.5 Å². The monoisotopic (exact) mass is 249 g/mol. The topological polar surface area (TPSA) is 30.5 Å². The molecule has 1 unspecified atom stereocenters. The smallest absolute Gasteiger partial charge is 0.122 e. The van der Waals surface area contributed by atoms with Crippen molar-refractivity contribution in [3.8, 4) is 11.5 Å². The van der Waals surface area contributed by atoms with Gasteiger partial charge in [0, 0.05) is 12.1 Å². The quantitative estimate of drug-likeness (QED) is 0.841. The lowest BCUT2D eigenvalue weighted by Crippen LogP contribution is -2.30. The molecule has 0 amide bonds. The normalized spacial score (nSPS) is 16.4. The molecule has 0 aliphatic heterocycles. The second-order valence-electron chi connectivity index (χ2n) is 5.18. The molecule has 0 radical (unpaired) electrons. The van der Waals surface area contributed by atoms with Crippen LogP contribution in [-0.4, -0.2) is 26.3 Å². The van der Waals surface area contributed by atoms with Crippen molar-refractivity contribution >= 4 is 0 Å². The first-order valence-corrected chi connectivity index (χ1v) is 6.61. The molecule has 18 heavy (non-hydrogen) atoms. The van der Waals surface area contributed by atoms with Gasteiger partial charge in [0.2, 0.25) is 0 Å². The van der Waals surface area contributed by atoms with Gasteiger partial charge in [0.25, 0.3) is 0 Å². The van der Waals surface area contributed by atoms with E-state index in [0.717, 1.165) is 29.5 Å². The molecule has 1 aliphatic rings. The van der Waals surface area contributed by atoms with E-state index in [1.807, 2.05) is 6.92 Å². The van der Waals surface area contributed by atoms with E-state index in [1.165, 1.54) is 18.4 Å². The maximum atomic E-state index is 5.46. The summed E-state index contributed by atoms with van der Waals surface area (Å²) in [4.78, 5) is 0. The van der Waals surface area contributed by atoms with Crippen LogP contribution in [0.15, 0.2) is 12.1 Å². The number of nitrogens with one attached hydrogen (secondary N) is 1. The summed E-state index contributed by atoms with van der Waals surface area (Å²) in [7, 11) is 3.44. The summed E-state index contributed by atoms with van der Waals surface area (Å²) in [6.07, 6.45) is 3.60. The van der Waals surface area contributed by atoms with Crippen LogP contribution in [0, 0.1) is 6.92 Å². The Bertz CT molecular complexity index is 413. The van der Waals surface area contributed by atoms with Gasteiger partial charge in [0.15, 0.2) is 0 Å². The first-order chi connectivity index (χ1) is 8.63. The lowest BCUT2D eigenvalue weighted by molar-refractivity contribution is 0.393. The van der Waals surface area contributed by atoms with Crippen LogP contribution < -0.4 is 14.8 Å². The third kappa shape index (κ3) is 3.16. The zero-order valence-electron chi connectivity index (χ0n) is 11.7. The number of hydrogen-bond acceptors (Lipinski definition) is 3. The van der Waals surface area contributed by atoms with Gasteiger partial charge in [-0.25, -0.2) is 0 Å². The average molecular weight is 249 g/mol. The van der Waals surface area contributed by atoms with Crippen molar-refractivity contribution in [2.75, 3.05) is 14.2 Å². The van der Waals surface area contributed by atoms with E-state index in [1.54, 1.807) is 14.2 Å². The second-order valence-corrected chi connectivity index (χ2v) is 5.18. The van der Waals surface area contributed by atoms with E-state index in [0.29, 0.717) is 6.04 Å². The van der Waals surface area contributed by atoms with Gasteiger partial charge in [-0.05, 0) is 56.4 Å². The van der Waals surface area contributed by atoms with Crippen molar-refractivity contribution in [3.05, 3.63) is 23.3 Å². The standard InChI is InChI=1S/C15H23NO2/c1-10-7-15(18-4)12(9-14(10)17-3)8-11(2)16-13-5-6-13/h7,9,11,13,16H,5-6,8H2,1-4H3. The Morgan fingerprint density at radius 1 is 1.22 bits per heavy atom. The predicted octanol–water partition coefficient (Wildman–Crippen LogP) is 2.70. The van der Waals surface area contributed by atoms with Crippen molar-refractivity contribution in [2.24, 2.45) is 0 Å². The second kappa shape index (κ2) is 5.61. The van der Waals surface area contributed by atoms with Gasteiger partial charge in [-0.15, -0.1) is 0 Å². The minimum Gasteiger partial charge on any atom is -0.496 e. The molecule has 0 heterocycles. The first kappa shape index (κ1) is 13.2. The third-order valence-electron chi connectivity index (χ3n) is 3.42. The van der Waals surface area contributed by atoms with Crippen LogP contribution in [0.2, 0.25) is 0 Å². The molecular weight excluding hydrogens is 226 g/mol. The molecule has 100 valence electrons. The molecule has 1 atom stereocenters. The number of rotatable bonds is 6. The van der Waals surface area contributed by atoms with Crippen molar-refractivity contribution in [2.45, 2.75) is 45.2 Å². The van der Waals surface area contributed by atoms with E-state index in [4.69, 9.17) is 9.47 Å². The summed E-state index contributed by atoms with van der Waals surface area (Å²) in [5.41, 5.74) is 2.32. The number of methoxy groups -OCH3 is 2. The fraction of sp³-hybridized carbons (Fsp3) is 0.600. The highest BCUT2D eigenvalue weighted by atomic mass is 16.5. The van der Waals surface area contributed by atoms with Gasteiger partial charge in [-0.3, -0.25) is 0 Å². The molecule has 1 N–H and O–H groups in total. The van der Waals surface area contributed by atoms with E-state index < -0.39 is 0 Å².